The molecule has 0 atom stereocenters. The number of aromatic nitrogens is 3. The van der Waals surface area contributed by atoms with Gasteiger partial charge in [-0.3, -0.25) is 4.98 Å². The van der Waals surface area contributed by atoms with Crippen molar-refractivity contribution in [1.82, 2.24) is 15.0 Å². The van der Waals surface area contributed by atoms with E-state index in [0.717, 1.165) is 28.8 Å². The minimum absolute atomic E-state index is 0.741. The Hall–Kier alpha value is -2.62. The molecule has 1 fully saturated rings. The van der Waals surface area contributed by atoms with Gasteiger partial charge in [0.25, 0.3) is 0 Å². The maximum atomic E-state index is 4.61. The van der Waals surface area contributed by atoms with Gasteiger partial charge in [-0.15, -0.1) is 0 Å². The maximum absolute atomic E-state index is 4.61. The molecule has 3 aromatic heterocycles. The van der Waals surface area contributed by atoms with Gasteiger partial charge in [-0.25, -0.2) is 4.98 Å². The lowest BCUT2D eigenvalue weighted by Gasteiger charge is -2.06. The zero-order chi connectivity index (χ0) is 15.8. The zero-order valence-electron chi connectivity index (χ0n) is 13.4. The van der Waals surface area contributed by atoms with Crippen molar-refractivity contribution in [2.24, 2.45) is 0 Å². The molecule has 0 saturated heterocycles. The highest BCUT2D eigenvalue weighted by atomic mass is 15.1. The number of H-pyrrole nitrogens is 1. The van der Waals surface area contributed by atoms with E-state index in [1.54, 1.807) is 0 Å². The van der Waals surface area contributed by atoms with Crippen LogP contribution in [0.15, 0.2) is 42.7 Å². The van der Waals surface area contributed by atoms with Crippen LogP contribution in [-0.4, -0.2) is 15.0 Å². The van der Waals surface area contributed by atoms with Crippen LogP contribution < -0.4 is 5.32 Å². The molecule has 3 heterocycles. The molecule has 4 rings (SSSR count). The third-order valence-electron chi connectivity index (χ3n) is 4.43. The lowest BCUT2D eigenvalue weighted by atomic mass is 10.1. The number of rotatable bonds is 4. The maximum Gasteiger partial charge on any atom is 0.132 e. The summed E-state index contributed by atoms with van der Waals surface area (Å²) in [4.78, 5) is 12.3. The minimum atomic E-state index is 0.741. The van der Waals surface area contributed by atoms with Gasteiger partial charge in [0.2, 0.25) is 0 Å². The highest BCUT2D eigenvalue weighted by Gasteiger charge is 2.23. The van der Waals surface area contributed by atoms with E-state index in [9.17, 15) is 0 Å². The largest absolute Gasteiger partial charge is 0.345 e. The Balaban J connectivity index is 1.57. The molecule has 116 valence electrons. The molecule has 0 aliphatic heterocycles. The summed E-state index contributed by atoms with van der Waals surface area (Å²) in [5.41, 5.74) is 5.82. The van der Waals surface area contributed by atoms with Gasteiger partial charge in [0, 0.05) is 23.7 Å². The first-order valence-electron chi connectivity index (χ1n) is 8.04. The number of aromatic amines is 1. The van der Waals surface area contributed by atoms with Gasteiger partial charge in [0.15, 0.2) is 0 Å². The number of hydrogen-bond donors (Lipinski definition) is 2. The number of pyridine rings is 2. The Labute approximate surface area is 136 Å². The lowest BCUT2D eigenvalue weighted by molar-refractivity contribution is 1.09. The van der Waals surface area contributed by atoms with Crippen molar-refractivity contribution >= 4 is 11.6 Å². The third-order valence-corrected chi connectivity index (χ3v) is 4.43. The summed E-state index contributed by atoms with van der Waals surface area (Å²) in [6.45, 7) is 4.15. The Morgan fingerprint density at radius 3 is 2.61 bits per heavy atom. The van der Waals surface area contributed by atoms with Crippen LogP contribution in [-0.2, 0) is 0 Å². The molecule has 0 unspecified atom stereocenters. The van der Waals surface area contributed by atoms with Gasteiger partial charge < -0.3 is 10.3 Å². The average molecular weight is 304 g/mol. The van der Waals surface area contributed by atoms with Crippen molar-refractivity contribution in [3.63, 3.8) is 0 Å². The van der Waals surface area contributed by atoms with Crippen LogP contribution in [0, 0.1) is 13.8 Å². The molecule has 23 heavy (non-hydrogen) atoms. The van der Waals surface area contributed by atoms with E-state index in [2.05, 4.69) is 52.3 Å². The summed E-state index contributed by atoms with van der Waals surface area (Å²) in [7, 11) is 0. The van der Waals surface area contributed by atoms with E-state index < -0.39 is 0 Å². The minimum Gasteiger partial charge on any atom is -0.345 e. The van der Waals surface area contributed by atoms with Gasteiger partial charge in [-0.05, 0) is 68.0 Å². The molecule has 0 radical (unpaired) electrons. The summed E-state index contributed by atoms with van der Waals surface area (Å²) in [6, 6.07) is 10.4. The van der Waals surface area contributed by atoms with Crippen molar-refractivity contribution in [2.45, 2.75) is 32.6 Å². The van der Waals surface area contributed by atoms with E-state index in [1.165, 1.54) is 29.7 Å². The van der Waals surface area contributed by atoms with E-state index >= 15 is 0 Å². The highest BCUT2D eigenvalue weighted by Crippen LogP contribution is 2.39. The normalized spacial score (nSPS) is 14.0. The van der Waals surface area contributed by atoms with Gasteiger partial charge in [0.1, 0.15) is 11.6 Å². The number of anilines is 2. The Kier molecular flexibility index (Phi) is 3.37. The van der Waals surface area contributed by atoms with Crippen LogP contribution in [0.1, 0.15) is 35.6 Å². The molecule has 0 bridgehead atoms. The second-order valence-corrected chi connectivity index (χ2v) is 6.30. The number of aryl methyl sites for hydroxylation is 2. The van der Waals surface area contributed by atoms with Crippen LogP contribution in [0.2, 0.25) is 0 Å². The smallest absolute Gasteiger partial charge is 0.132 e. The van der Waals surface area contributed by atoms with Crippen molar-refractivity contribution in [3.8, 4) is 11.3 Å². The predicted molar refractivity (Wildman–Crippen MR) is 93.0 cm³/mol. The van der Waals surface area contributed by atoms with E-state index in [0.29, 0.717) is 0 Å². The molecule has 1 aliphatic rings. The van der Waals surface area contributed by atoms with Gasteiger partial charge in [0.05, 0.1) is 5.69 Å². The van der Waals surface area contributed by atoms with Crippen molar-refractivity contribution < 1.29 is 0 Å². The fourth-order valence-corrected chi connectivity index (χ4v) is 2.76. The van der Waals surface area contributed by atoms with Crippen molar-refractivity contribution in [3.05, 3.63) is 59.5 Å². The number of hydrogen-bond acceptors (Lipinski definition) is 3. The van der Waals surface area contributed by atoms with Gasteiger partial charge >= 0.3 is 0 Å². The molecule has 3 aromatic rings. The summed E-state index contributed by atoms with van der Waals surface area (Å²) >= 11 is 0. The average Bonchev–Trinajstić information content (AvgIpc) is 3.35. The molecule has 1 saturated carbocycles. The molecular weight excluding hydrogens is 284 g/mol. The molecule has 0 amide bonds. The van der Waals surface area contributed by atoms with Crippen LogP contribution in [0.4, 0.5) is 11.6 Å². The van der Waals surface area contributed by atoms with E-state index in [1.807, 2.05) is 24.5 Å². The second-order valence-electron chi connectivity index (χ2n) is 6.30. The van der Waals surface area contributed by atoms with Crippen molar-refractivity contribution in [1.29, 1.82) is 0 Å². The lowest BCUT2D eigenvalue weighted by Crippen LogP contribution is -1.94. The standard InChI is InChI=1S/C19H20N4/c1-12-9-19(22-13(12)2)23-18-10-15(7-8-20-18)17-6-5-16(11-21-17)14-3-4-14/h5-11,14,22H,3-4H2,1-2H3,(H,20,23). The Morgan fingerprint density at radius 2 is 1.96 bits per heavy atom. The quantitative estimate of drug-likeness (QED) is 0.734. The second kappa shape index (κ2) is 5.54. The summed E-state index contributed by atoms with van der Waals surface area (Å²) in [5, 5.41) is 3.32. The molecular formula is C19H20N4. The first-order chi connectivity index (χ1) is 11.2. The van der Waals surface area contributed by atoms with Crippen LogP contribution >= 0.6 is 0 Å². The molecule has 0 spiro atoms. The first-order valence-corrected chi connectivity index (χ1v) is 8.04. The summed E-state index contributed by atoms with van der Waals surface area (Å²) in [5.74, 6) is 2.52. The Morgan fingerprint density at radius 1 is 1.09 bits per heavy atom. The van der Waals surface area contributed by atoms with Crippen molar-refractivity contribution in [2.75, 3.05) is 5.32 Å². The van der Waals surface area contributed by atoms with E-state index in [-0.39, 0.29) is 0 Å². The SMILES string of the molecule is Cc1cc(Nc2cc(-c3ccc(C4CC4)cn3)ccn2)[nH]c1C. The Bertz CT molecular complexity index is 809. The molecule has 0 aromatic carbocycles. The third kappa shape index (κ3) is 2.97. The molecule has 4 nitrogen and oxygen atoms in total. The summed E-state index contributed by atoms with van der Waals surface area (Å²) < 4.78 is 0. The van der Waals surface area contributed by atoms with Gasteiger partial charge in [-0.1, -0.05) is 6.07 Å². The van der Waals surface area contributed by atoms with Gasteiger partial charge in [-0.2, -0.15) is 0 Å². The summed E-state index contributed by atoms with van der Waals surface area (Å²) in [6.07, 6.45) is 6.44. The first kappa shape index (κ1) is 14.0. The fraction of sp³-hybridized carbons (Fsp3) is 0.263. The molecule has 1 aliphatic carbocycles. The molecule has 2 N–H and O–H groups in total. The topological polar surface area (TPSA) is 53.6 Å². The van der Waals surface area contributed by atoms with Crippen LogP contribution in [0.3, 0.4) is 0 Å². The number of nitrogens with one attached hydrogen (secondary N) is 2. The zero-order valence-corrected chi connectivity index (χ0v) is 13.4. The van der Waals surface area contributed by atoms with E-state index in [4.69, 9.17) is 0 Å². The highest BCUT2D eigenvalue weighted by molar-refractivity contribution is 5.65. The van der Waals surface area contributed by atoms with Crippen LogP contribution in [0.25, 0.3) is 11.3 Å². The number of nitrogens with zero attached hydrogens (tertiary/aromatic N) is 2. The monoisotopic (exact) mass is 304 g/mol. The fourth-order valence-electron chi connectivity index (χ4n) is 2.76. The molecule has 4 heteroatoms. The van der Waals surface area contributed by atoms with Crippen LogP contribution in [0.5, 0.6) is 0 Å². The predicted octanol–water partition coefficient (Wildman–Crippen LogP) is 4.71.